The highest BCUT2D eigenvalue weighted by Gasteiger charge is 2.42. The second-order valence-corrected chi connectivity index (χ2v) is 10.9. The summed E-state index contributed by atoms with van der Waals surface area (Å²) in [6.07, 6.45) is 3.66. The third-order valence-electron chi connectivity index (χ3n) is 8.04. The molecule has 1 amide bonds. The Labute approximate surface area is 225 Å². The van der Waals surface area contributed by atoms with Gasteiger partial charge in [-0.15, -0.1) is 0 Å². The van der Waals surface area contributed by atoms with Crippen LogP contribution in [0.4, 0.5) is 0 Å². The molecule has 2 saturated heterocycles. The topological polar surface area (TPSA) is 103 Å². The van der Waals surface area contributed by atoms with E-state index in [-0.39, 0.29) is 24.9 Å². The van der Waals surface area contributed by atoms with Crippen LogP contribution in [0, 0.1) is 12.3 Å². The Hall–Kier alpha value is -2.81. The fraction of sp³-hybridized carbons (Fsp3) is 0.567. The molecule has 2 atom stereocenters. The molecule has 4 rings (SSSR count). The van der Waals surface area contributed by atoms with Gasteiger partial charge in [-0.3, -0.25) is 19.5 Å². The zero-order valence-corrected chi connectivity index (χ0v) is 22.4. The molecule has 1 aromatic carbocycles. The summed E-state index contributed by atoms with van der Waals surface area (Å²) in [7, 11) is 0. The first kappa shape index (κ1) is 28.2. The molecule has 2 aliphatic rings. The summed E-state index contributed by atoms with van der Waals surface area (Å²) in [6.45, 7) is 4.96. The normalized spacial score (nSPS) is 23.7. The predicted octanol–water partition coefficient (Wildman–Crippen LogP) is 2.88. The van der Waals surface area contributed by atoms with E-state index in [1.807, 2.05) is 49.4 Å². The summed E-state index contributed by atoms with van der Waals surface area (Å²) in [5.41, 5.74) is 2.50. The van der Waals surface area contributed by atoms with Crippen molar-refractivity contribution < 1.29 is 24.5 Å². The number of pyridine rings is 1. The van der Waals surface area contributed by atoms with Crippen LogP contribution in [0.2, 0.25) is 0 Å². The lowest BCUT2D eigenvalue weighted by atomic mass is 9.74. The zero-order chi connectivity index (χ0) is 27.0. The SMILES string of the molecule is Cc1ccc(CC(=O)N2CCCCC3(CCN(Cc4ccccn4)CC3)C(=O)OC[C@@H](O)[C@@H](O)CC2)cc1. The standard InChI is InChI=1S/C30H41N3O5/c1-23-7-9-24(10-8-23)20-28(36)33-16-5-3-12-30(29(37)38-22-27(35)26(34)11-17-33)13-18-32(19-14-30)21-25-6-2-4-15-31-25/h2,4,6-10,15,26-27,34-35H,3,5,11-14,16-22H2,1H3/t26-,27+/m0/s1. The van der Waals surface area contributed by atoms with Crippen LogP contribution in [-0.2, 0) is 27.3 Å². The molecule has 0 aliphatic carbocycles. The van der Waals surface area contributed by atoms with E-state index >= 15 is 0 Å². The van der Waals surface area contributed by atoms with Crippen molar-refractivity contribution in [2.45, 2.75) is 70.6 Å². The Morgan fingerprint density at radius 3 is 2.47 bits per heavy atom. The molecule has 0 unspecified atom stereocenters. The molecule has 0 saturated carbocycles. The van der Waals surface area contributed by atoms with Crippen LogP contribution in [0.15, 0.2) is 48.7 Å². The molecule has 2 aliphatic heterocycles. The van der Waals surface area contributed by atoms with Gasteiger partial charge in [0.1, 0.15) is 12.7 Å². The molecule has 8 heteroatoms. The molecule has 0 radical (unpaired) electrons. The average molecular weight is 524 g/mol. The van der Waals surface area contributed by atoms with Crippen LogP contribution in [0.25, 0.3) is 0 Å². The van der Waals surface area contributed by atoms with Gasteiger partial charge >= 0.3 is 5.97 Å². The zero-order valence-electron chi connectivity index (χ0n) is 22.4. The summed E-state index contributed by atoms with van der Waals surface area (Å²) >= 11 is 0. The van der Waals surface area contributed by atoms with Crippen molar-refractivity contribution in [3.05, 3.63) is 65.5 Å². The van der Waals surface area contributed by atoms with E-state index in [0.29, 0.717) is 38.8 Å². The van der Waals surface area contributed by atoms with Crippen molar-refractivity contribution in [2.24, 2.45) is 5.41 Å². The van der Waals surface area contributed by atoms with Crippen molar-refractivity contribution >= 4 is 11.9 Å². The van der Waals surface area contributed by atoms with Crippen molar-refractivity contribution in [3.8, 4) is 0 Å². The smallest absolute Gasteiger partial charge is 0.312 e. The van der Waals surface area contributed by atoms with E-state index in [2.05, 4.69) is 9.88 Å². The molecule has 38 heavy (non-hydrogen) atoms. The van der Waals surface area contributed by atoms with E-state index < -0.39 is 17.6 Å². The van der Waals surface area contributed by atoms with Gasteiger partial charge in [-0.1, -0.05) is 42.3 Å². The van der Waals surface area contributed by atoms with Crippen LogP contribution >= 0.6 is 0 Å². The van der Waals surface area contributed by atoms with Crippen molar-refractivity contribution in [1.82, 2.24) is 14.8 Å². The van der Waals surface area contributed by atoms with Crippen LogP contribution < -0.4 is 0 Å². The molecule has 3 heterocycles. The minimum atomic E-state index is -1.19. The highest BCUT2D eigenvalue weighted by Crippen LogP contribution is 2.38. The highest BCUT2D eigenvalue weighted by molar-refractivity contribution is 5.79. The van der Waals surface area contributed by atoms with Crippen LogP contribution in [-0.4, -0.2) is 81.9 Å². The number of carbonyl (C=O) groups excluding carboxylic acids is 2. The number of ether oxygens (including phenoxy) is 1. The Morgan fingerprint density at radius 2 is 1.76 bits per heavy atom. The number of carbonyl (C=O) groups is 2. The molecule has 2 aromatic rings. The number of hydrogen-bond acceptors (Lipinski definition) is 7. The van der Waals surface area contributed by atoms with Crippen LogP contribution in [0.5, 0.6) is 0 Å². The molecular formula is C30H41N3O5. The minimum absolute atomic E-state index is 0.00952. The first-order chi connectivity index (χ1) is 18.3. The lowest BCUT2D eigenvalue weighted by Gasteiger charge is -2.40. The van der Waals surface area contributed by atoms with Crippen molar-refractivity contribution in [3.63, 3.8) is 0 Å². The Bertz CT molecular complexity index is 1040. The number of benzene rings is 1. The van der Waals surface area contributed by atoms with Gasteiger partial charge < -0.3 is 19.8 Å². The third-order valence-corrected chi connectivity index (χ3v) is 8.04. The van der Waals surface area contributed by atoms with Gasteiger partial charge in [-0.05, 0) is 69.8 Å². The fourth-order valence-electron chi connectivity index (χ4n) is 5.44. The van der Waals surface area contributed by atoms with E-state index in [4.69, 9.17) is 4.74 Å². The number of esters is 1. The largest absolute Gasteiger partial charge is 0.462 e. The van der Waals surface area contributed by atoms with Crippen molar-refractivity contribution in [2.75, 3.05) is 32.8 Å². The molecule has 2 fully saturated rings. The first-order valence-corrected chi connectivity index (χ1v) is 13.8. The highest BCUT2D eigenvalue weighted by atomic mass is 16.5. The van der Waals surface area contributed by atoms with Gasteiger partial charge in [0, 0.05) is 25.8 Å². The predicted molar refractivity (Wildman–Crippen MR) is 144 cm³/mol. The van der Waals surface area contributed by atoms with E-state index in [9.17, 15) is 19.8 Å². The van der Waals surface area contributed by atoms with E-state index in [1.165, 1.54) is 0 Å². The number of aliphatic hydroxyl groups excluding tert-OH is 2. The summed E-state index contributed by atoms with van der Waals surface area (Å²) in [6, 6.07) is 13.8. The third kappa shape index (κ3) is 7.62. The maximum absolute atomic E-state index is 13.3. The van der Waals surface area contributed by atoms with Gasteiger partial charge in [-0.25, -0.2) is 0 Å². The van der Waals surface area contributed by atoms with Gasteiger partial charge in [0.25, 0.3) is 0 Å². The molecule has 1 spiro atoms. The van der Waals surface area contributed by atoms with Gasteiger partial charge in [0.15, 0.2) is 0 Å². The number of hydrogen-bond donors (Lipinski definition) is 2. The van der Waals surface area contributed by atoms with Gasteiger partial charge in [0.05, 0.1) is 23.6 Å². The minimum Gasteiger partial charge on any atom is -0.462 e. The summed E-state index contributed by atoms with van der Waals surface area (Å²) in [5.74, 6) is -0.275. The second-order valence-electron chi connectivity index (χ2n) is 10.9. The number of nitrogens with zero attached hydrogens (tertiary/aromatic N) is 3. The Kier molecular flexibility index (Phi) is 9.88. The lowest BCUT2D eigenvalue weighted by molar-refractivity contribution is -0.165. The number of aliphatic hydroxyl groups is 2. The lowest BCUT2D eigenvalue weighted by Crippen LogP contribution is -2.46. The molecule has 1 aromatic heterocycles. The summed E-state index contributed by atoms with van der Waals surface area (Å²) in [4.78, 5) is 35.0. The first-order valence-electron chi connectivity index (χ1n) is 13.8. The summed E-state index contributed by atoms with van der Waals surface area (Å²) < 4.78 is 5.59. The number of aryl methyl sites for hydroxylation is 1. The van der Waals surface area contributed by atoms with Gasteiger partial charge in [0.2, 0.25) is 5.91 Å². The Morgan fingerprint density at radius 1 is 1.00 bits per heavy atom. The number of likely N-dealkylation sites (tertiary alicyclic amines) is 1. The van der Waals surface area contributed by atoms with Gasteiger partial charge in [-0.2, -0.15) is 0 Å². The Balaban J connectivity index is 1.40. The maximum Gasteiger partial charge on any atom is 0.312 e. The fourth-order valence-corrected chi connectivity index (χ4v) is 5.44. The molecule has 0 bridgehead atoms. The molecule has 8 nitrogen and oxygen atoms in total. The number of cyclic esters (lactones) is 1. The van der Waals surface area contributed by atoms with E-state index in [0.717, 1.165) is 49.3 Å². The maximum atomic E-state index is 13.3. The number of aromatic nitrogens is 1. The monoisotopic (exact) mass is 523 g/mol. The number of amides is 1. The number of rotatable bonds is 4. The van der Waals surface area contributed by atoms with Crippen molar-refractivity contribution in [1.29, 1.82) is 0 Å². The molecule has 206 valence electrons. The van der Waals surface area contributed by atoms with Crippen LogP contribution in [0.1, 0.15) is 55.3 Å². The quantitative estimate of drug-likeness (QED) is 0.594. The average Bonchev–Trinajstić information content (AvgIpc) is 2.94. The molecule has 2 N–H and O–H groups in total. The van der Waals surface area contributed by atoms with Crippen LogP contribution in [0.3, 0.4) is 0 Å². The van der Waals surface area contributed by atoms with E-state index in [1.54, 1.807) is 11.1 Å². The summed E-state index contributed by atoms with van der Waals surface area (Å²) in [5, 5.41) is 21.0. The number of piperidine rings is 1. The molecular weight excluding hydrogens is 482 g/mol. The second kappa shape index (κ2) is 13.3.